The fourth-order valence-electron chi connectivity index (χ4n) is 2.13. The lowest BCUT2D eigenvalue weighted by Crippen LogP contribution is -2.40. The summed E-state index contributed by atoms with van der Waals surface area (Å²) in [5, 5.41) is 8.16. The number of rotatable bonds is 8. The van der Waals surface area contributed by atoms with Crippen molar-refractivity contribution in [3.8, 4) is 0 Å². The summed E-state index contributed by atoms with van der Waals surface area (Å²) in [6.45, 7) is 4.72. The predicted molar refractivity (Wildman–Crippen MR) is 97.7 cm³/mol. The number of nitrogens with one attached hydrogen (secondary N) is 2. The second-order valence-electron chi connectivity index (χ2n) is 5.22. The molecule has 0 aliphatic carbocycles. The van der Waals surface area contributed by atoms with E-state index in [0.29, 0.717) is 18.8 Å². The highest BCUT2D eigenvalue weighted by Crippen LogP contribution is 2.09. The Morgan fingerprint density at radius 1 is 1.33 bits per heavy atom. The number of thiophene rings is 1. The third-order valence-electron chi connectivity index (χ3n) is 3.37. The first-order chi connectivity index (χ1) is 11.7. The zero-order valence-corrected chi connectivity index (χ0v) is 14.9. The summed E-state index contributed by atoms with van der Waals surface area (Å²) in [5.74, 6) is 0.950. The van der Waals surface area contributed by atoms with Crippen molar-refractivity contribution in [1.29, 1.82) is 0 Å². The van der Waals surface area contributed by atoms with Gasteiger partial charge in [-0.05, 0) is 36.9 Å². The van der Waals surface area contributed by atoms with Crippen molar-refractivity contribution in [2.24, 2.45) is 4.99 Å². The van der Waals surface area contributed by atoms with Crippen LogP contribution in [0.2, 0.25) is 0 Å². The number of furan rings is 1. The van der Waals surface area contributed by atoms with Crippen LogP contribution < -0.4 is 10.6 Å². The van der Waals surface area contributed by atoms with Crippen LogP contribution in [0.5, 0.6) is 0 Å². The Balaban J connectivity index is 1.77. The molecule has 0 atom stereocenters. The molecule has 130 valence electrons. The summed E-state index contributed by atoms with van der Waals surface area (Å²) in [4.78, 5) is 19.8. The number of carbonyl (C=O) groups is 1. The van der Waals surface area contributed by atoms with Gasteiger partial charge in [0.25, 0.3) is 5.91 Å². The van der Waals surface area contributed by atoms with Gasteiger partial charge in [-0.1, -0.05) is 6.07 Å². The van der Waals surface area contributed by atoms with Crippen molar-refractivity contribution in [3.63, 3.8) is 0 Å². The number of guanidine groups is 1. The van der Waals surface area contributed by atoms with Crippen molar-refractivity contribution >= 4 is 23.2 Å². The van der Waals surface area contributed by atoms with E-state index < -0.39 is 0 Å². The molecule has 2 N–H and O–H groups in total. The second-order valence-corrected chi connectivity index (χ2v) is 6.25. The summed E-state index contributed by atoms with van der Waals surface area (Å²) in [5.41, 5.74) is 0. The zero-order chi connectivity index (χ0) is 17.2. The van der Waals surface area contributed by atoms with E-state index in [4.69, 9.17) is 4.42 Å². The Labute approximate surface area is 146 Å². The molecule has 0 aromatic carbocycles. The Hall–Kier alpha value is -2.28. The van der Waals surface area contributed by atoms with Crippen LogP contribution >= 0.6 is 11.3 Å². The summed E-state index contributed by atoms with van der Waals surface area (Å²) in [6.07, 6.45) is 2.48. The number of aliphatic imine (C=N–C) groups is 1. The molecular weight excluding hydrogens is 324 g/mol. The average Bonchev–Trinajstić information content (AvgIpc) is 3.28. The van der Waals surface area contributed by atoms with E-state index in [-0.39, 0.29) is 5.91 Å². The van der Waals surface area contributed by atoms with Crippen LogP contribution in [0.15, 0.2) is 45.3 Å². The molecule has 0 saturated heterocycles. The zero-order valence-electron chi connectivity index (χ0n) is 14.1. The summed E-state index contributed by atoms with van der Waals surface area (Å²) < 4.78 is 5.05. The Bertz CT molecular complexity index is 623. The minimum Gasteiger partial charge on any atom is -0.459 e. The van der Waals surface area contributed by atoms with Crippen molar-refractivity contribution < 1.29 is 9.21 Å². The van der Waals surface area contributed by atoms with Gasteiger partial charge in [0.05, 0.1) is 12.8 Å². The maximum Gasteiger partial charge on any atom is 0.287 e. The Kier molecular flexibility index (Phi) is 7.35. The molecular formula is C17H24N4O2S. The second kappa shape index (κ2) is 9.77. The van der Waals surface area contributed by atoms with Crippen LogP contribution in [-0.4, -0.2) is 50.0 Å². The summed E-state index contributed by atoms with van der Waals surface area (Å²) in [7, 11) is 2.02. The highest BCUT2D eigenvalue weighted by molar-refractivity contribution is 7.09. The number of hydrogen-bond acceptors (Lipinski definition) is 4. The van der Waals surface area contributed by atoms with Gasteiger partial charge in [-0.3, -0.25) is 9.79 Å². The fraction of sp³-hybridized carbons (Fsp3) is 0.412. The number of amides is 1. The molecule has 0 aliphatic rings. The topological polar surface area (TPSA) is 69.9 Å². The molecule has 0 unspecified atom stereocenters. The summed E-state index contributed by atoms with van der Waals surface area (Å²) in [6, 6.07) is 7.55. The first kappa shape index (κ1) is 18.1. The SMILES string of the molecule is CCNC(=NCCNC(=O)c1ccco1)N(C)CCc1cccs1. The lowest BCUT2D eigenvalue weighted by atomic mass is 10.3. The van der Waals surface area contributed by atoms with Crippen molar-refractivity contribution in [2.75, 3.05) is 33.2 Å². The molecule has 0 fully saturated rings. The van der Waals surface area contributed by atoms with Crippen LogP contribution in [0, 0.1) is 0 Å². The molecule has 6 nitrogen and oxygen atoms in total. The minimum absolute atomic E-state index is 0.216. The number of hydrogen-bond donors (Lipinski definition) is 2. The molecule has 2 rings (SSSR count). The molecule has 1 amide bonds. The molecule has 0 saturated carbocycles. The van der Waals surface area contributed by atoms with E-state index in [0.717, 1.165) is 25.5 Å². The van der Waals surface area contributed by atoms with E-state index >= 15 is 0 Å². The largest absolute Gasteiger partial charge is 0.459 e. The first-order valence-electron chi connectivity index (χ1n) is 8.04. The monoisotopic (exact) mass is 348 g/mol. The smallest absolute Gasteiger partial charge is 0.287 e. The maximum absolute atomic E-state index is 11.8. The molecule has 0 bridgehead atoms. The molecule has 0 radical (unpaired) electrons. The Morgan fingerprint density at radius 3 is 2.88 bits per heavy atom. The van der Waals surface area contributed by atoms with Gasteiger partial charge in [0.2, 0.25) is 0 Å². The maximum atomic E-state index is 11.8. The van der Waals surface area contributed by atoms with Gasteiger partial charge in [-0.15, -0.1) is 11.3 Å². The first-order valence-corrected chi connectivity index (χ1v) is 8.92. The number of carbonyl (C=O) groups excluding carboxylic acids is 1. The standard InChI is InChI=1S/C17H24N4O2S/c1-3-18-17(21(2)11-8-14-6-5-13-24-14)20-10-9-19-16(22)15-7-4-12-23-15/h4-7,12-13H,3,8-11H2,1-2H3,(H,18,20)(H,19,22). The van der Waals surface area contributed by atoms with E-state index in [9.17, 15) is 4.79 Å². The third-order valence-corrected chi connectivity index (χ3v) is 4.31. The van der Waals surface area contributed by atoms with Crippen molar-refractivity contribution in [2.45, 2.75) is 13.3 Å². The van der Waals surface area contributed by atoms with Gasteiger partial charge in [0.15, 0.2) is 11.7 Å². The summed E-state index contributed by atoms with van der Waals surface area (Å²) >= 11 is 1.77. The van der Waals surface area contributed by atoms with Crippen molar-refractivity contribution in [1.82, 2.24) is 15.5 Å². The van der Waals surface area contributed by atoms with Crippen LogP contribution in [0.25, 0.3) is 0 Å². The Morgan fingerprint density at radius 2 is 2.21 bits per heavy atom. The molecule has 2 heterocycles. The van der Waals surface area contributed by atoms with Gasteiger partial charge >= 0.3 is 0 Å². The molecule has 2 aromatic heterocycles. The lowest BCUT2D eigenvalue weighted by Gasteiger charge is -2.21. The normalized spacial score (nSPS) is 11.3. The average molecular weight is 348 g/mol. The van der Waals surface area contributed by atoms with Crippen LogP contribution in [0.4, 0.5) is 0 Å². The lowest BCUT2D eigenvalue weighted by molar-refractivity contribution is 0.0927. The van der Waals surface area contributed by atoms with Crippen molar-refractivity contribution in [3.05, 3.63) is 46.5 Å². The van der Waals surface area contributed by atoms with Gasteiger partial charge in [0, 0.05) is 31.6 Å². The third kappa shape index (κ3) is 5.73. The molecule has 24 heavy (non-hydrogen) atoms. The molecule has 0 aliphatic heterocycles. The van der Waals surface area contributed by atoms with Crippen LogP contribution in [0.1, 0.15) is 22.4 Å². The molecule has 0 spiro atoms. The van der Waals surface area contributed by atoms with Gasteiger partial charge in [-0.2, -0.15) is 0 Å². The van der Waals surface area contributed by atoms with Gasteiger partial charge < -0.3 is 20.0 Å². The molecule has 7 heteroatoms. The van der Waals surface area contributed by atoms with Crippen LogP contribution in [-0.2, 0) is 6.42 Å². The fourth-order valence-corrected chi connectivity index (χ4v) is 2.83. The quantitative estimate of drug-likeness (QED) is 0.436. The molecule has 2 aromatic rings. The van der Waals surface area contributed by atoms with Crippen LogP contribution in [0.3, 0.4) is 0 Å². The number of likely N-dealkylation sites (N-methyl/N-ethyl adjacent to an activating group) is 1. The highest BCUT2D eigenvalue weighted by Gasteiger charge is 2.08. The van der Waals surface area contributed by atoms with E-state index in [1.54, 1.807) is 23.5 Å². The predicted octanol–water partition coefficient (Wildman–Crippen LogP) is 2.21. The van der Waals surface area contributed by atoms with Gasteiger partial charge in [0.1, 0.15) is 0 Å². The highest BCUT2D eigenvalue weighted by atomic mass is 32.1. The minimum atomic E-state index is -0.216. The van der Waals surface area contributed by atoms with E-state index in [2.05, 4.69) is 38.0 Å². The van der Waals surface area contributed by atoms with E-state index in [1.807, 2.05) is 14.0 Å². The van der Waals surface area contributed by atoms with Gasteiger partial charge in [-0.25, -0.2) is 0 Å². The van der Waals surface area contributed by atoms with E-state index in [1.165, 1.54) is 11.1 Å². The number of nitrogens with zero attached hydrogens (tertiary/aromatic N) is 2.